The molecule has 0 aliphatic heterocycles. The zero-order chi connectivity index (χ0) is 13.2. The maximum absolute atomic E-state index is 4.62. The van der Waals surface area contributed by atoms with E-state index in [-0.39, 0.29) is 0 Å². The number of hydrogen-bond acceptors (Lipinski definition) is 5. The van der Waals surface area contributed by atoms with Crippen molar-refractivity contribution in [2.75, 3.05) is 11.9 Å². The summed E-state index contributed by atoms with van der Waals surface area (Å²) in [5, 5.41) is 7.60. The first-order valence-electron chi connectivity index (χ1n) is 6.23. The number of nitrogens with one attached hydrogen (secondary N) is 1. The zero-order valence-corrected chi connectivity index (χ0v) is 12.5. The summed E-state index contributed by atoms with van der Waals surface area (Å²) in [7, 11) is 0. The lowest BCUT2D eigenvalue weighted by atomic mass is 10.2. The molecule has 0 radical (unpaired) electrons. The molecular formula is C14H15N3S2. The second-order valence-electron chi connectivity index (χ2n) is 4.64. The molecule has 98 valence electrons. The standard InChI is InChI=1S/C14H15N3S2/c1-9-3-4-12-11(7-9)17-14(19-12)16-8-10(2)13-15-5-6-18-13/h3-7,10H,8H2,1-2H3,(H,16,17). The van der Waals surface area contributed by atoms with E-state index in [1.807, 2.05) is 11.6 Å². The van der Waals surface area contributed by atoms with Gasteiger partial charge in [0.25, 0.3) is 0 Å². The van der Waals surface area contributed by atoms with Crippen LogP contribution in [0.5, 0.6) is 0 Å². The van der Waals surface area contributed by atoms with E-state index in [1.165, 1.54) is 15.3 Å². The number of aromatic nitrogens is 2. The first-order chi connectivity index (χ1) is 9.22. The topological polar surface area (TPSA) is 37.8 Å². The number of nitrogens with zero attached hydrogens (tertiary/aromatic N) is 2. The Kier molecular flexibility index (Phi) is 3.48. The first-order valence-corrected chi connectivity index (χ1v) is 7.92. The van der Waals surface area contributed by atoms with E-state index >= 15 is 0 Å². The van der Waals surface area contributed by atoms with Crippen molar-refractivity contribution in [2.24, 2.45) is 0 Å². The minimum atomic E-state index is 0.411. The predicted octanol–water partition coefficient (Wildman–Crippen LogP) is 4.28. The van der Waals surface area contributed by atoms with Gasteiger partial charge in [0.15, 0.2) is 5.13 Å². The number of aryl methyl sites for hydroxylation is 1. The molecule has 1 N–H and O–H groups in total. The van der Waals surface area contributed by atoms with Crippen LogP contribution < -0.4 is 5.32 Å². The minimum Gasteiger partial charge on any atom is -0.361 e. The zero-order valence-electron chi connectivity index (χ0n) is 10.9. The smallest absolute Gasteiger partial charge is 0.183 e. The Morgan fingerprint density at radius 1 is 1.37 bits per heavy atom. The number of thiazole rings is 2. The quantitative estimate of drug-likeness (QED) is 0.779. The monoisotopic (exact) mass is 289 g/mol. The molecule has 1 unspecified atom stereocenters. The third kappa shape index (κ3) is 2.77. The van der Waals surface area contributed by atoms with Crippen LogP contribution in [0.2, 0.25) is 0 Å². The van der Waals surface area contributed by atoms with E-state index in [0.717, 1.165) is 17.2 Å². The molecule has 1 atom stereocenters. The molecule has 0 saturated carbocycles. The first kappa shape index (κ1) is 12.6. The van der Waals surface area contributed by atoms with Crippen LogP contribution in [0.15, 0.2) is 29.8 Å². The molecular weight excluding hydrogens is 274 g/mol. The van der Waals surface area contributed by atoms with Gasteiger partial charge in [-0.3, -0.25) is 0 Å². The Labute approximate surface area is 120 Å². The van der Waals surface area contributed by atoms with Crippen molar-refractivity contribution >= 4 is 38.0 Å². The fraction of sp³-hybridized carbons (Fsp3) is 0.286. The van der Waals surface area contributed by atoms with Gasteiger partial charge in [-0.05, 0) is 24.6 Å². The molecule has 2 heterocycles. The second-order valence-corrected chi connectivity index (χ2v) is 6.60. The molecule has 0 bridgehead atoms. The molecule has 3 aromatic rings. The Morgan fingerprint density at radius 3 is 3.05 bits per heavy atom. The Hall–Kier alpha value is -1.46. The number of rotatable bonds is 4. The van der Waals surface area contributed by atoms with Crippen molar-refractivity contribution in [3.05, 3.63) is 40.3 Å². The van der Waals surface area contributed by atoms with E-state index in [4.69, 9.17) is 0 Å². The summed E-state index contributed by atoms with van der Waals surface area (Å²) in [5.74, 6) is 0.411. The van der Waals surface area contributed by atoms with Crippen molar-refractivity contribution in [3.63, 3.8) is 0 Å². The lowest BCUT2D eigenvalue weighted by Gasteiger charge is -2.08. The van der Waals surface area contributed by atoms with Crippen LogP contribution in [-0.4, -0.2) is 16.5 Å². The van der Waals surface area contributed by atoms with Crippen molar-refractivity contribution in [1.29, 1.82) is 0 Å². The van der Waals surface area contributed by atoms with Crippen LogP contribution >= 0.6 is 22.7 Å². The molecule has 0 aliphatic rings. The van der Waals surface area contributed by atoms with Crippen molar-refractivity contribution < 1.29 is 0 Å². The van der Waals surface area contributed by atoms with Crippen LogP contribution in [-0.2, 0) is 0 Å². The molecule has 5 heteroatoms. The van der Waals surface area contributed by atoms with Crippen LogP contribution in [0.1, 0.15) is 23.4 Å². The third-order valence-electron chi connectivity index (χ3n) is 2.98. The summed E-state index contributed by atoms with van der Waals surface area (Å²) >= 11 is 3.41. The molecule has 0 fully saturated rings. The number of anilines is 1. The average molecular weight is 289 g/mol. The van der Waals surface area contributed by atoms with Gasteiger partial charge in [0.2, 0.25) is 0 Å². The van der Waals surface area contributed by atoms with E-state index in [1.54, 1.807) is 22.7 Å². The van der Waals surface area contributed by atoms with E-state index in [0.29, 0.717) is 5.92 Å². The Bertz CT molecular complexity index is 673. The fourth-order valence-electron chi connectivity index (χ4n) is 1.92. The van der Waals surface area contributed by atoms with Gasteiger partial charge in [0.05, 0.1) is 15.2 Å². The summed E-state index contributed by atoms with van der Waals surface area (Å²) < 4.78 is 1.23. The largest absolute Gasteiger partial charge is 0.361 e. The van der Waals surface area contributed by atoms with Crippen molar-refractivity contribution in [2.45, 2.75) is 19.8 Å². The van der Waals surface area contributed by atoms with E-state index in [2.05, 4.69) is 47.3 Å². The maximum atomic E-state index is 4.62. The second kappa shape index (κ2) is 5.27. The van der Waals surface area contributed by atoms with Crippen LogP contribution in [0, 0.1) is 6.92 Å². The van der Waals surface area contributed by atoms with Gasteiger partial charge < -0.3 is 5.32 Å². The highest BCUT2D eigenvalue weighted by atomic mass is 32.1. The Morgan fingerprint density at radius 2 is 2.26 bits per heavy atom. The van der Waals surface area contributed by atoms with Crippen LogP contribution in [0.4, 0.5) is 5.13 Å². The molecule has 3 rings (SSSR count). The van der Waals surface area contributed by atoms with Crippen LogP contribution in [0.25, 0.3) is 10.2 Å². The summed E-state index contributed by atoms with van der Waals surface area (Å²) in [6.45, 7) is 5.14. The van der Waals surface area contributed by atoms with Gasteiger partial charge in [-0.25, -0.2) is 9.97 Å². The van der Waals surface area contributed by atoms with Gasteiger partial charge >= 0.3 is 0 Å². The summed E-state index contributed by atoms with van der Waals surface area (Å²) in [4.78, 5) is 8.96. The molecule has 0 saturated heterocycles. The van der Waals surface area contributed by atoms with Gasteiger partial charge in [-0.2, -0.15) is 0 Å². The third-order valence-corrected chi connectivity index (χ3v) is 4.98. The maximum Gasteiger partial charge on any atom is 0.183 e. The molecule has 2 aromatic heterocycles. The molecule has 0 aliphatic carbocycles. The number of hydrogen-bond donors (Lipinski definition) is 1. The van der Waals surface area contributed by atoms with Gasteiger partial charge in [0.1, 0.15) is 0 Å². The molecule has 19 heavy (non-hydrogen) atoms. The normalized spacial score (nSPS) is 12.7. The number of fused-ring (bicyclic) bond motifs is 1. The molecule has 1 aromatic carbocycles. The number of benzene rings is 1. The average Bonchev–Trinajstić information content (AvgIpc) is 3.04. The highest BCUT2D eigenvalue weighted by Crippen LogP contribution is 2.27. The predicted molar refractivity (Wildman–Crippen MR) is 83.4 cm³/mol. The minimum absolute atomic E-state index is 0.411. The molecule has 3 nitrogen and oxygen atoms in total. The van der Waals surface area contributed by atoms with E-state index < -0.39 is 0 Å². The highest BCUT2D eigenvalue weighted by Gasteiger charge is 2.09. The summed E-state index contributed by atoms with van der Waals surface area (Å²) in [6, 6.07) is 6.39. The van der Waals surface area contributed by atoms with Gasteiger partial charge in [0, 0.05) is 24.0 Å². The lowest BCUT2D eigenvalue weighted by molar-refractivity contribution is 0.794. The highest BCUT2D eigenvalue weighted by molar-refractivity contribution is 7.22. The van der Waals surface area contributed by atoms with Crippen molar-refractivity contribution in [1.82, 2.24) is 9.97 Å². The summed E-state index contributed by atoms with van der Waals surface area (Å²) in [6.07, 6.45) is 1.86. The van der Waals surface area contributed by atoms with E-state index in [9.17, 15) is 0 Å². The summed E-state index contributed by atoms with van der Waals surface area (Å²) in [5.41, 5.74) is 2.33. The van der Waals surface area contributed by atoms with Crippen molar-refractivity contribution in [3.8, 4) is 0 Å². The Balaban J connectivity index is 1.71. The SMILES string of the molecule is Cc1ccc2sc(NCC(C)c3nccs3)nc2c1. The van der Waals surface area contributed by atoms with Crippen LogP contribution in [0.3, 0.4) is 0 Å². The molecule has 0 spiro atoms. The fourth-order valence-corrected chi connectivity index (χ4v) is 3.47. The van der Waals surface area contributed by atoms with Gasteiger partial charge in [-0.15, -0.1) is 11.3 Å². The van der Waals surface area contributed by atoms with Gasteiger partial charge in [-0.1, -0.05) is 24.3 Å². The molecule has 0 amide bonds. The lowest BCUT2D eigenvalue weighted by Crippen LogP contribution is -2.09.